The first-order valence-electron chi connectivity index (χ1n) is 7.51. The molecule has 1 atom stereocenters. The van der Waals surface area contributed by atoms with Crippen LogP contribution in [0.3, 0.4) is 0 Å². The molecule has 1 aromatic heterocycles. The zero-order valence-corrected chi connectivity index (χ0v) is 13.9. The minimum atomic E-state index is 0.173. The van der Waals surface area contributed by atoms with Gasteiger partial charge in [-0.25, -0.2) is 4.98 Å². The van der Waals surface area contributed by atoms with Crippen LogP contribution < -0.4 is 5.32 Å². The summed E-state index contributed by atoms with van der Waals surface area (Å²) in [5.74, 6) is 0.897. The summed E-state index contributed by atoms with van der Waals surface area (Å²) in [6.45, 7) is 13.5. The van der Waals surface area contributed by atoms with E-state index in [1.807, 2.05) is 11.3 Å². The maximum atomic E-state index is 4.88. The molecule has 3 heteroatoms. The van der Waals surface area contributed by atoms with Gasteiger partial charge in [-0.15, -0.1) is 11.3 Å². The minimum Gasteiger partial charge on any atom is -0.316 e. The van der Waals surface area contributed by atoms with E-state index >= 15 is 0 Å². The molecule has 0 amide bonds. The molecule has 1 saturated carbocycles. The third-order valence-electron chi connectivity index (χ3n) is 4.22. The number of rotatable bonds is 6. The summed E-state index contributed by atoms with van der Waals surface area (Å²) >= 11 is 1.84. The fourth-order valence-corrected chi connectivity index (χ4v) is 3.84. The fraction of sp³-hybridized carbons (Fsp3) is 0.812. The van der Waals surface area contributed by atoms with Gasteiger partial charge in [0, 0.05) is 23.8 Å². The fourth-order valence-electron chi connectivity index (χ4n) is 2.62. The molecule has 0 aliphatic heterocycles. The van der Waals surface area contributed by atoms with E-state index in [2.05, 4.69) is 45.3 Å². The molecular weight excluding hydrogens is 252 g/mol. The number of hydrogen-bond acceptors (Lipinski definition) is 3. The molecule has 1 unspecified atom stereocenters. The third-order valence-corrected chi connectivity index (χ3v) is 5.07. The molecule has 0 spiro atoms. The van der Waals surface area contributed by atoms with Gasteiger partial charge in [0.05, 0.1) is 10.7 Å². The zero-order valence-electron chi connectivity index (χ0n) is 13.0. The molecule has 1 fully saturated rings. The van der Waals surface area contributed by atoms with E-state index < -0.39 is 0 Å². The molecule has 1 aliphatic carbocycles. The van der Waals surface area contributed by atoms with Crippen LogP contribution in [0.25, 0.3) is 0 Å². The Balaban J connectivity index is 2.07. The van der Waals surface area contributed by atoms with Crippen molar-refractivity contribution < 1.29 is 0 Å². The van der Waals surface area contributed by atoms with E-state index in [0.717, 1.165) is 25.4 Å². The number of thiazole rings is 1. The van der Waals surface area contributed by atoms with Crippen LogP contribution in [0.4, 0.5) is 0 Å². The highest BCUT2D eigenvalue weighted by Gasteiger charge is 2.41. The summed E-state index contributed by atoms with van der Waals surface area (Å²) in [6.07, 6.45) is 3.93. The van der Waals surface area contributed by atoms with Crippen molar-refractivity contribution in [2.24, 2.45) is 11.3 Å². The number of nitrogens with one attached hydrogen (secondary N) is 1. The van der Waals surface area contributed by atoms with Crippen molar-refractivity contribution in [2.75, 3.05) is 13.1 Å². The van der Waals surface area contributed by atoms with Gasteiger partial charge in [-0.3, -0.25) is 0 Å². The van der Waals surface area contributed by atoms with Crippen LogP contribution in [0, 0.1) is 11.3 Å². The Morgan fingerprint density at radius 3 is 2.47 bits per heavy atom. The molecule has 108 valence electrons. The zero-order chi connectivity index (χ0) is 14.1. The van der Waals surface area contributed by atoms with Gasteiger partial charge in [0.25, 0.3) is 0 Å². The molecule has 1 N–H and O–H groups in total. The molecule has 1 heterocycles. The normalized spacial score (nSPS) is 19.4. The van der Waals surface area contributed by atoms with Gasteiger partial charge in [0.15, 0.2) is 0 Å². The van der Waals surface area contributed by atoms with Gasteiger partial charge < -0.3 is 5.32 Å². The van der Waals surface area contributed by atoms with Crippen molar-refractivity contribution in [2.45, 2.75) is 59.3 Å². The lowest BCUT2D eigenvalue weighted by Crippen LogP contribution is -2.35. The summed E-state index contributed by atoms with van der Waals surface area (Å²) in [4.78, 5) is 4.88. The lowest BCUT2D eigenvalue weighted by Gasteiger charge is -2.29. The average Bonchev–Trinajstić information content (AvgIpc) is 3.07. The van der Waals surface area contributed by atoms with Gasteiger partial charge in [-0.2, -0.15) is 0 Å². The first-order valence-corrected chi connectivity index (χ1v) is 8.39. The van der Waals surface area contributed by atoms with Crippen LogP contribution in [0.5, 0.6) is 0 Å². The molecule has 1 aromatic rings. The summed E-state index contributed by atoms with van der Waals surface area (Å²) in [6, 6.07) is 0. The molecule has 1 aliphatic rings. The highest BCUT2D eigenvalue weighted by atomic mass is 32.1. The Morgan fingerprint density at radius 2 is 2.00 bits per heavy atom. The van der Waals surface area contributed by atoms with E-state index in [-0.39, 0.29) is 5.41 Å². The van der Waals surface area contributed by atoms with Crippen molar-refractivity contribution in [3.05, 3.63) is 16.1 Å². The highest BCUT2D eigenvalue weighted by Crippen LogP contribution is 2.47. The molecular formula is C16H28N2S. The van der Waals surface area contributed by atoms with E-state index in [1.54, 1.807) is 0 Å². The average molecular weight is 280 g/mol. The Bertz CT molecular complexity index is 415. The summed E-state index contributed by atoms with van der Waals surface area (Å²) < 4.78 is 0. The monoisotopic (exact) mass is 280 g/mol. The van der Waals surface area contributed by atoms with Crippen LogP contribution in [0.1, 0.15) is 58.2 Å². The first-order chi connectivity index (χ1) is 8.85. The van der Waals surface area contributed by atoms with Crippen LogP contribution >= 0.6 is 11.3 Å². The number of aromatic nitrogens is 1. The highest BCUT2D eigenvalue weighted by molar-refractivity contribution is 7.09. The van der Waals surface area contributed by atoms with E-state index in [1.165, 1.54) is 23.5 Å². The Kier molecular flexibility index (Phi) is 4.36. The van der Waals surface area contributed by atoms with Gasteiger partial charge in [-0.1, -0.05) is 34.6 Å². The van der Waals surface area contributed by atoms with Crippen molar-refractivity contribution >= 4 is 11.3 Å². The number of nitrogens with zero attached hydrogens (tertiary/aromatic N) is 1. The maximum Gasteiger partial charge on any atom is 0.0934 e. The Labute approximate surface area is 122 Å². The van der Waals surface area contributed by atoms with E-state index in [4.69, 9.17) is 4.98 Å². The van der Waals surface area contributed by atoms with Gasteiger partial charge in [0.1, 0.15) is 0 Å². The van der Waals surface area contributed by atoms with Gasteiger partial charge in [-0.05, 0) is 30.7 Å². The Hall–Kier alpha value is -0.410. The van der Waals surface area contributed by atoms with Crippen molar-refractivity contribution in [3.8, 4) is 0 Å². The molecule has 0 bridgehead atoms. The van der Waals surface area contributed by atoms with E-state index in [9.17, 15) is 0 Å². The molecule has 2 rings (SSSR count). The lowest BCUT2D eigenvalue weighted by atomic mass is 9.81. The smallest absolute Gasteiger partial charge is 0.0934 e. The standard InChI is InChI=1S/C16H28N2S/c1-6-17-11-16(5,12-7-8-12)9-14-18-13(10-19-14)15(2,3)4/h10,12,17H,6-9,11H2,1-5H3. The molecule has 0 saturated heterocycles. The SMILES string of the molecule is CCNCC(C)(Cc1nc(C(C)(C)C)cs1)C1CC1. The molecule has 2 nitrogen and oxygen atoms in total. The molecule has 19 heavy (non-hydrogen) atoms. The summed E-state index contributed by atoms with van der Waals surface area (Å²) in [5, 5.41) is 7.11. The summed E-state index contributed by atoms with van der Waals surface area (Å²) in [7, 11) is 0. The molecule has 0 radical (unpaired) electrons. The number of hydrogen-bond donors (Lipinski definition) is 1. The van der Waals surface area contributed by atoms with Gasteiger partial charge in [0.2, 0.25) is 0 Å². The van der Waals surface area contributed by atoms with Crippen molar-refractivity contribution in [1.29, 1.82) is 0 Å². The van der Waals surface area contributed by atoms with Crippen LogP contribution in [0.2, 0.25) is 0 Å². The topological polar surface area (TPSA) is 24.9 Å². The van der Waals surface area contributed by atoms with Crippen LogP contribution in [-0.4, -0.2) is 18.1 Å². The van der Waals surface area contributed by atoms with Crippen LogP contribution in [0.15, 0.2) is 5.38 Å². The van der Waals surface area contributed by atoms with E-state index in [0.29, 0.717) is 5.41 Å². The Morgan fingerprint density at radius 1 is 1.32 bits per heavy atom. The predicted molar refractivity (Wildman–Crippen MR) is 83.9 cm³/mol. The minimum absolute atomic E-state index is 0.173. The first kappa shape index (κ1) is 15.0. The third kappa shape index (κ3) is 3.79. The summed E-state index contributed by atoms with van der Waals surface area (Å²) in [5.41, 5.74) is 1.81. The lowest BCUT2D eigenvalue weighted by molar-refractivity contribution is 0.257. The largest absolute Gasteiger partial charge is 0.316 e. The van der Waals surface area contributed by atoms with Crippen molar-refractivity contribution in [3.63, 3.8) is 0 Å². The predicted octanol–water partition coefficient (Wildman–Crippen LogP) is 4.01. The second kappa shape index (κ2) is 5.53. The van der Waals surface area contributed by atoms with Gasteiger partial charge >= 0.3 is 0 Å². The maximum absolute atomic E-state index is 4.88. The van der Waals surface area contributed by atoms with Crippen molar-refractivity contribution in [1.82, 2.24) is 10.3 Å². The quantitative estimate of drug-likeness (QED) is 0.851. The van der Waals surface area contributed by atoms with Crippen LogP contribution in [-0.2, 0) is 11.8 Å². The second-order valence-corrected chi connectivity index (χ2v) is 8.20. The second-order valence-electron chi connectivity index (χ2n) is 7.26. The molecule has 0 aromatic carbocycles.